The first kappa shape index (κ1) is 13.8. The summed E-state index contributed by atoms with van der Waals surface area (Å²) in [6.07, 6.45) is 2.42. The van der Waals surface area contributed by atoms with Gasteiger partial charge in [0.15, 0.2) is 11.5 Å². The van der Waals surface area contributed by atoms with E-state index in [2.05, 4.69) is 20.3 Å². The molecule has 0 spiro atoms. The van der Waals surface area contributed by atoms with Gasteiger partial charge in [-0.15, -0.1) is 0 Å². The Balaban J connectivity index is 1.76. The molecule has 0 saturated carbocycles. The van der Waals surface area contributed by atoms with E-state index >= 15 is 0 Å². The van der Waals surface area contributed by atoms with Gasteiger partial charge in [-0.2, -0.15) is 9.97 Å². The van der Waals surface area contributed by atoms with Crippen LogP contribution in [0.5, 0.6) is 0 Å². The molecule has 3 rings (SSSR count). The number of nitrogens with zero attached hydrogens (tertiary/aromatic N) is 4. The maximum Gasteiger partial charge on any atom is 0.226 e. The number of anilines is 1. The molecule has 0 aliphatic rings. The van der Waals surface area contributed by atoms with Crippen LogP contribution in [-0.4, -0.2) is 26.1 Å². The quantitative estimate of drug-likeness (QED) is 0.753. The summed E-state index contributed by atoms with van der Waals surface area (Å²) in [6, 6.07) is 6.44. The van der Waals surface area contributed by atoms with Gasteiger partial charge in [0.2, 0.25) is 5.28 Å². The number of hydrogen-bond donors (Lipinski definition) is 1. The SMILES string of the molecule is Cn1cnc2nc(Cl)nc(NCCc3ccc(F)cc3)c21. The fourth-order valence-electron chi connectivity index (χ4n) is 2.13. The number of fused-ring (bicyclic) bond motifs is 1. The van der Waals surface area contributed by atoms with Gasteiger partial charge in [-0.3, -0.25) is 0 Å². The van der Waals surface area contributed by atoms with Crippen LogP contribution in [0, 0.1) is 5.82 Å². The fourth-order valence-corrected chi connectivity index (χ4v) is 2.29. The lowest BCUT2D eigenvalue weighted by Crippen LogP contribution is -2.08. The normalized spacial score (nSPS) is 11.0. The number of halogens is 2. The number of hydrogen-bond acceptors (Lipinski definition) is 4. The van der Waals surface area contributed by atoms with E-state index in [9.17, 15) is 4.39 Å². The second-order valence-electron chi connectivity index (χ2n) is 4.67. The Morgan fingerprint density at radius 2 is 2.00 bits per heavy atom. The zero-order valence-corrected chi connectivity index (χ0v) is 12.1. The summed E-state index contributed by atoms with van der Waals surface area (Å²) in [7, 11) is 1.87. The van der Waals surface area contributed by atoms with E-state index in [1.54, 1.807) is 18.5 Å². The van der Waals surface area contributed by atoms with Gasteiger partial charge in [0.1, 0.15) is 11.3 Å². The third-order valence-corrected chi connectivity index (χ3v) is 3.33. The first-order valence-electron chi connectivity index (χ1n) is 6.46. The van der Waals surface area contributed by atoms with E-state index < -0.39 is 0 Å². The monoisotopic (exact) mass is 305 g/mol. The van der Waals surface area contributed by atoms with Crippen molar-refractivity contribution in [2.24, 2.45) is 7.05 Å². The zero-order valence-electron chi connectivity index (χ0n) is 11.3. The first-order valence-corrected chi connectivity index (χ1v) is 6.84. The van der Waals surface area contributed by atoms with E-state index in [0.29, 0.717) is 18.0 Å². The molecule has 0 saturated heterocycles. The van der Waals surface area contributed by atoms with E-state index in [1.165, 1.54) is 12.1 Å². The van der Waals surface area contributed by atoms with Crippen LogP contribution in [-0.2, 0) is 13.5 Å². The summed E-state index contributed by atoms with van der Waals surface area (Å²) in [4.78, 5) is 12.4. The topological polar surface area (TPSA) is 55.6 Å². The molecule has 7 heteroatoms. The van der Waals surface area contributed by atoms with Crippen molar-refractivity contribution in [1.29, 1.82) is 0 Å². The lowest BCUT2D eigenvalue weighted by Gasteiger charge is -2.08. The van der Waals surface area contributed by atoms with Crippen molar-refractivity contribution < 1.29 is 4.39 Å². The van der Waals surface area contributed by atoms with Crippen LogP contribution in [0.2, 0.25) is 5.28 Å². The second kappa shape index (κ2) is 5.65. The standard InChI is InChI=1S/C14H13ClFN5/c1-21-8-18-13-11(21)12(19-14(15)20-13)17-7-6-9-2-4-10(16)5-3-9/h2-5,8H,6-7H2,1H3,(H,17,19,20). The van der Waals surface area contributed by atoms with E-state index in [0.717, 1.165) is 17.5 Å². The minimum atomic E-state index is -0.231. The van der Waals surface area contributed by atoms with Gasteiger partial charge in [0.05, 0.1) is 6.33 Å². The molecule has 0 unspecified atom stereocenters. The summed E-state index contributed by atoms with van der Waals surface area (Å²) in [5.74, 6) is 0.415. The highest BCUT2D eigenvalue weighted by Crippen LogP contribution is 2.20. The van der Waals surface area contributed by atoms with Crippen molar-refractivity contribution in [3.63, 3.8) is 0 Å². The number of nitrogens with one attached hydrogen (secondary N) is 1. The van der Waals surface area contributed by atoms with E-state index in [4.69, 9.17) is 11.6 Å². The van der Waals surface area contributed by atoms with Gasteiger partial charge in [-0.1, -0.05) is 12.1 Å². The van der Waals surface area contributed by atoms with Crippen LogP contribution < -0.4 is 5.32 Å². The molecule has 0 atom stereocenters. The summed E-state index contributed by atoms with van der Waals surface area (Å²) in [6.45, 7) is 0.652. The number of rotatable bonds is 4. The van der Waals surface area contributed by atoms with Crippen molar-refractivity contribution in [3.8, 4) is 0 Å². The molecule has 0 fully saturated rings. The number of aromatic nitrogens is 4. The van der Waals surface area contributed by atoms with Gasteiger partial charge < -0.3 is 9.88 Å². The number of imidazole rings is 1. The smallest absolute Gasteiger partial charge is 0.226 e. The molecule has 0 radical (unpaired) electrons. The van der Waals surface area contributed by atoms with Crippen LogP contribution in [0.4, 0.5) is 10.2 Å². The Kier molecular flexibility index (Phi) is 3.70. The third-order valence-electron chi connectivity index (χ3n) is 3.16. The van der Waals surface area contributed by atoms with Crippen molar-refractivity contribution in [2.45, 2.75) is 6.42 Å². The van der Waals surface area contributed by atoms with Crippen LogP contribution in [0.15, 0.2) is 30.6 Å². The lowest BCUT2D eigenvalue weighted by molar-refractivity contribution is 0.627. The molecule has 2 heterocycles. The second-order valence-corrected chi connectivity index (χ2v) is 5.01. The minimum absolute atomic E-state index is 0.158. The third kappa shape index (κ3) is 2.95. The molecular weight excluding hydrogens is 293 g/mol. The largest absolute Gasteiger partial charge is 0.368 e. The van der Waals surface area contributed by atoms with Gasteiger partial charge >= 0.3 is 0 Å². The molecule has 2 aromatic heterocycles. The Morgan fingerprint density at radius 3 is 2.76 bits per heavy atom. The zero-order chi connectivity index (χ0) is 14.8. The molecule has 21 heavy (non-hydrogen) atoms. The van der Waals surface area contributed by atoms with Crippen LogP contribution in [0.25, 0.3) is 11.2 Å². The highest BCUT2D eigenvalue weighted by molar-refractivity contribution is 6.28. The molecule has 0 amide bonds. The predicted octanol–water partition coefficient (Wildman–Crippen LogP) is 2.81. The Morgan fingerprint density at radius 1 is 1.24 bits per heavy atom. The maximum atomic E-state index is 12.8. The summed E-state index contributed by atoms with van der Waals surface area (Å²) < 4.78 is 14.7. The molecule has 3 aromatic rings. The summed E-state index contributed by atoms with van der Waals surface area (Å²) >= 11 is 5.89. The fraction of sp³-hybridized carbons (Fsp3) is 0.214. The maximum absolute atomic E-state index is 12.8. The molecule has 0 aliphatic heterocycles. The Bertz CT molecular complexity index is 769. The highest BCUT2D eigenvalue weighted by atomic mass is 35.5. The van der Waals surface area contributed by atoms with E-state index in [1.807, 2.05) is 11.6 Å². The van der Waals surface area contributed by atoms with Gasteiger partial charge in [0, 0.05) is 13.6 Å². The van der Waals surface area contributed by atoms with Crippen LogP contribution in [0.3, 0.4) is 0 Å². The summed E-state index contributed by atoms with van der Waals surface area (Å²) in [5, 5.41) is 3.39. The Labute approximate surface area is 125 Å². The number of aryl methyl sites for hydroxylation is 1. The molecule has 108 valence electrons. The molecule has 0 bridgehead atoms. The minimum Gasteiger partial charge on any atom is -0.368 e. The van der Waals surface area contributed by atoms with Crippen molar-refractivity contribution >= 4 is 28.6 Å². The molecule has 0 aliphatic carbocycles. The lowest BCUT2D eigenvalue weighted by atomic mass is 10.1. The molecule has 1 aromatic carbocycles. The predicted molar refractivity (Wildman–Crippen MR) is 79.9 cm³/mol. The highest BCUT2D eigenvalue weighted by Gasteiger charge is 2.10. The Hall–Kier alpha value is -2.21. The summed E-state index contributed by atoms with van der Waals surface area (Å²) in [5.41, 5.74) is 2.41. The van der Waals surface area contributed by atoms with Gasteiger partial charge in [0.25, 0.3) is 0 Å². The van der Waals surface area contributed by atoms with Crippen molar-refractivity contribution in [1.82, 2.24) is 19.5 Å². The molecule has 1 N–H and O–H groups in total. The number of benzene rings is 1. The van der Waals surface area contributed by atoms with Crippen molar-refractivity contribution in [2.75, 3.05) is 11.9 Å². The van der Waals surface area contributed by atoms with E-state index in [-0.39, 0.29) is 11.1 Å². The van der Waals surface area contributed by atoms with Crippen LogP contribution >= 0.6 is 11.6 Å². The van der Waals surface area contributed by atoms with Gasteiger partial charge in [-0.25, -0.2) is 9.37 Å². The molecular formula is C14H13ClFN5. The van der Waals surface area contributed by atoms with Gasteiger partial charge in [-0.05, 0) is 35.7 Å². The van der Waals surface area contributed by atoms with Crippen LogP contribution in [0.1, 0.15) is 5.56 Å². The van der Waals surface area contributed by atoms with Crippen molar-refractivity contribution in [3.05, 3.63) is 47.3 Å². The molecule has 5 nitrogen and oxygen atoms in total. The first-order chi connectivity index (χ1) is 10.1. The average molecular weight is 306 g/mol. The average Bonchev–Trinajstić information content (AvgIpc) is 2.82.